The molecule has 0 heterocycles. The van der Waals surface area contributed by atoms with Crippen molar-refractivity contribution in [1.82, 2.24) is 4.90 Å². The maximum absolute atomic E-state index is 12.2. The summed E-state index contributed by atoms with van der Waals surface area (Å²) in [5, 5.41) is 11.7. The van der Waals surface area contributed by atoms with Crippen LogP contribution in [0.1, 0.15) is 24.2 Å². The Morgan fingerprint density at radius 2 is 2.14 bits per heavy atom. The summed E-state index contributed by atoms with van der Waals surface area (Å²) in [6.45, 7) is 4.68. The average Bonchev–Trinajstić information content (AvgIpc) is 2.42. The number of methoxy groups -OCH3 is 1. The van der Waals surface area contributed by atoms with Gasteiger partial charge in [-0.15, -0.1) is 0 Å². The molecule has 2 N–H and O–H groups in total. The van der Waals surface area contributed by atoms with Gasteiger partial charge in [-0.05, 0) is 32.0 Å². The van der Waals surface area contributed by atoms with Crippen LogP contribution in [-0.2, 0) is 4.74 Å². The van der Waals surface area contributed by atoms with Crippen LogP contribution in [0.15, 0.2) is 18.2 Å². The van der Waals surface area contributed by atoms with Gasteiger partial charge < -0.3 is 20.1 Å². The van der Waals surface area contributed by atoms with E-state index >= 15 is 0 Å². The van der Waals surface area contributed by atoms with Gasteiger partial charge in [0.1, 0.15) is 0 Å². The molecule has 1 atom stereocenters. The minimum absolute atomic E-state index is 0.0677. The number of urea groups is 1. The molecule has 0 aromatic heterocycles. The Hall–Kier alpha value is -1.79. The summed E-state index contributed by atoms with van der Waals surface area (Å²) >= 11 is 5.98. The quantitative estimate of drug-likeness (QED) is 0.846. The van der Waals surface area contributed by atoms with E-state index in [9.17, 15) is 9.59 Å². The van der Waals surface area contributed by atoms with E-state index in [4.69, 9.17) is 21.4 Å². The SMILES string of the molecule is CCN(C(=O)Nc1ccc(C(=O)O)cc1Cl)C(C)COC. The molecule has 0 bridgehead atoms. The van der Waals surface area contributed by atoms with E-state index in [-0.39, 0.29) is 22.7 Å². The molecule has 21 heavy (non-hydrogen) atoms. The first kappa shape index (κ1) is 17.3. The number of benzene rings is 1. The lowest BCUT2D eigenvalue weighted by atomic mass is 10.2. The number of nitrogens with one attached hydrogen (secondary N) is 1. The van der Waals surface area contributed by atoms with Gasteiger partial charge >= 0.3 is 12.0 Å². The summed E-state index contributed by atoms with van der Waals surface area (Å²) < 4.78 is 5.04. The minimum atomic E-state index is -1.07. The van der Waals surface area contributed by atoms with Crippen molar-refractivity contribution < 1.29 is 19.4 Å². The monoisotopic (exact) mass is 314 g/mol. The molecule has 0 saturated heterocycles. The zero-order valence-corrected chi connectivity index (χ0v) is 13.0. The predicted octanol–water partition coefficient (Wildman–Crippen LogP) is 2.93. The Balaban J connectivity index is 2.84. The van der Waals surface area contributed by atoms with Gasteiger partial charge in [-0.1, -0.05) is 11.6 Å². The van der Waals surface area contributed by atoms with Crippen LogP contribution in [-0.4, -0.2) is 48.3 Å². The molecule has 0 aliphatic carbocycles. The van der Waals surface area contributed by atoms with E-state index in [1.54, 1.807) is 12.0 Å². The number of hydrogen-bond acceptors (Lipinski definition) is 3. The molecule has 6 nitrogen and oxygen atoms in total. The van der Waals surface area contributed by atoms with Crippen molar-refractivity contribution in [2.24, 2.45) is 0 Å². The van der Waals surface area contributed by atoms with E-state index < -0.39 is 5.97 Å². The van der Waals surface area contributed by atoms with Gasteiger partial charge in [0, 0.05) is 13.7 Å². The fourth-order valence-corrected chi connectivity index (χ4v) is 2.15. The Morgan fingerprint density at radius 3 is 2.62 bits per heavy atom. The molecule has 0 aliphatic rings. The second-order valence-electron chi connectivity index (χ2n) is 4.52. The van der Waals surface area contributed by atoms with Gasteiger partial charge in [0.15, 0.2) is 0 Å². The van der Waals surface area contributed by atoms with E-state index in [2.05, 4.69) is 5.32 Å². The second kappa shape index (κ2) is 7.85. The molecular formula is C14H19ClN2O4. The number of likely N-dealkylation sites (N-methyl/N-ethyl adjacent to an activating group) is 1. The molecule has 7 heteroatoms. The minimum Gasteiger partial charge on any atom is -0.478 e. The lowest BCUT2D eigenvalue weighted by Crippen LogP contribution is -2.43. The number of rotatable bonds is 6. The number of carboxylic acid groups (broad SMARTS) is 1. The molecule has 0 radical (unpaired) electrons. The fraction of sp³-hybridized carbons (Fsp3) is 0.429. The van der Waals surface area contributed by atoms with Gasteiger partial charge in [0.05, 0.1) is 28.9 Å². The van der Waals surface area contributed by atoms with Crippen molar-refractivity contribution in [2.75, 3.05) is 25.6 Å². The topological polar surface area (TPSA) is 78.9 Å². The normalized spacial score (nSPS) is 11.8. The highest BCUT2D eigenvalue weighted by Gasteiger charge is 2.19. The number of aromatic carboxylic acids is 1. The van der Waals surface area contributed by atoms with Crippen molar-refractivity contribution in [3.8, 4) is 0 Å². The predicted molar refractivity (Wildman–Crippen MR) is 81.1 cm³/mol. The van der Waals surface area contributed by atoms with Crippen LogP contribution >= 0.6 is 11.6 Å². The maximum Gasteiger partial charge on any atom is 0.335 e. The van der Waals surface area contributed by atoms with Crippen LogP contribution in [0.3, 0.4) is 0 Å². The van der Waals surface area contributed by atoms with Crippen LogP contribution in [0.5, 0.6) is 0 Å². The number of nitrogens with zero attached hydrogens (tertiary/aromatic N) is 1. The number of halogens is 1. The lowest BCUT2D eigenvalue weighted by molar-refractivity contribution is 0.0697. The first-order chi connectivity index (χ1) is 9.90. The third kappa shape index (κ3) is 4.61. The van der Waals surface area contributed by atoms with Gasteiger partial charge in [0.25, 0.3) is 0 Å². The van der Waals surface area contributed by atoms with E-state index in [0.717, 1.165) is 0 Å². The van der Waals surface area contributed by atoms with Crippen LogP contribution in [0.25, 0.3) is 0 Å². The molecule has 1 aromatic carbocycles. The number of ether oxygens (including phenoxy) is 1. The third-order valence-electron chi connectivity index (χ3n) is 3.00. The summed E-state index contributed by atoms with van der Waals surface area (Å²) in [5.74, 6) is -1.07. The Kier molecular flexibility index (Phi) is 6.45. The molecule has 0 fully saturated rings. The molecular weight excluding hydrogens is 296 g/mol. The molecule has 1 aromatic rings. The first-order valence-corrected chi connectivity index (χ1v) is 6.87. The average molecular weight is 315 g/mol. The van der Waals surface area contributed by atoms with Crippen molar-refractivity contribution in [1.29, 1.82) is 0 Å². The fourth-order valence-electron chi connectivity index (χ4n) is 1.92. The Labute approximate surface area is 128 Å². The van der Waals surface area contributed by atoms with Gasteiger partial charge in [-0.3, -0.25) is 0 Å². The maximum atomic E-state index is 12.2. The van der Waals surface area contributed by atoms with Gasteiger partial charge in [-0.2, -0.15) is 0 Å². The molecule has 116 valence electrons. The molecule has 0 saturated carbocycles. The number of carbonyl (C=O) groups excluding carboxylic acids is 1. The first-order valence-electron chi connectivity index (χ1n) is 6.50. The third-order valence-corrected chi connectivity index (χ3v) is 3.31. The molecule has 1 rings (SSSR count). The lowest BCUT2D eigenvalue weighted by Gasteiger charge is -2.27. The van der Waals surface area contributed by atoms with Crippen molar-refractivity contribution >= 4 is 29.3 Å². The number of amides is 2. The molecule has 1 unspecified atom stereocenters. The molecule has 0 spiro atoms. The van der Waals surface area contributed by atoms with Crippen LogP contribution in [0.4, 0.5) is 10.5 Å². The van der Waals surface area contributed by atoms with Gasteiger partial charge in [0.2, 0.25) is 0 Å². The summed E-state index contributed by atoms with van der Waals surface area (Å²) in [5.41, 5.74) is 0.438. The number of anilines is 1. The largest absolute Gasteiger partial charge is 0.478 e. The van der Waals surface area contributed by atoms with Crippen LogP contribution in [0, 0.1) is 0 Å². The highest BCUT2D eigenvalue weighted by atomic mass is 35.5. The standard InChI is InChI=1S/C14H19ClN2O4/c1-4-17(9(2)8-21-3)14(20)16-12-6-5-10(13(18)19)7-11(12)15/h5-7,9H,4,8H2,1-3H3,(H,16,20)(H,18,19). The van der Waals surface area contributed by atoms with Crippen molar-refractivity contribution in [3.63, 3.8) is 0 Å². The zero-order chi connectivity index (χ0) is 16.0. The smallest absolute Gasteiger partial charge is 0.335 e. The summed E-state index contributed by atoms with van der Waals surface area (Å²) in [4.78, 5) is 24.7. The highest BCUT2D eigenvalue weighted by Crippen LogP contribution is 2.23. The van der Waals surface area contributed by atoms with Gasteiger partial charge in [-0.25, -0.2) is 9.59 Å². The Morgan fingerprint density at radius 1 is 1.48 bits per heavy atom. The summed E-state index contributed by atoms with van der Waals surface area (Å²) in [6.07, 6.45) is 0. The van der Waals surface area contributed by atoms with Crippen molar-refractivity contribution in [3.05, 3.63) is 28.8 Å². The van der Waals surface area contributed by atoms with Crippen LogP contribution < -0.4 is 5.32 Å². The zero-order valence-electron chi connectivity index (χ0n) is 12.2. The van der Waals surface area contributed by atoms with E-state index in [1.165, 1.54) is 18.2 Å². The molecule has 0 aliphatic heterocycles. The highest BCUT2D eigenvalue weighted by molar-refractivity contribution is 6.34. The van der Waals surface area contributed by atoms with E-state index in [0.29, 0.717) is 18.8 Å². The number of carbonyl (C=O) groups is 2. The molecule has 2 amide bonds. The summed E-state index contributed by atoms with van der Waals surface area (Å²) in [7, 11) is 1.57. The second-order valence-corrected chi connectivity index (χ2v) is 4.93. The Bertz CT molecular complexity index is 522. The number of carboxylic acids is 1. The number of hydrogen-bond donors (Lipinski definition) is 2. The van der Waals surface area contributed by atoms with Crippen LogP contribution in [0.2, 0.25) is 5.02 Å². The summed E-state index contributed by atoms with van der Waals surface area (Å²) in [6, 6.07) is 3.76. The van der Waals surface area contributed by atoms with Crippen molar-refractivity contribution in [2.45, 2.75) is 19.9 Å². The van der Waals surface area contributed by atoms with E-state index in [1.807, 2.05) is 13.8 Å².